The van der Waals surface area contributed by atoms with E-state index in [9.17, 15) is 4.79 Å². The highest BCUT2D eigenvalue weighted by Crippen LogP contribution is 2.30. The first-order valence-electron chi connectivity index (χ1n) is 8.98. The number of hydrogen-bond donors (Lipinski definition) is 1. The second-order valence-electron chi connectivity index (χ2n) is 7.07. The monoisotopic (exact) mass is 406 g/mol. The van der Waals surface area contributed by atoms with Crippen LogP contribution < -0.4 is 10.1 Å². The number of amides is 1. The standard InChI is InChI=1S/C21H24Cl2N2O2/c1-13-7-15(9-25-10-17(11-25)21(26)24-3)8-14(2)20(13)27-12-16-5-4-6-18(22)19(16)23/h4-8,17H,9-12H2,1-3H3,(H,24,26). The van der Waals surface area contributed by atoms with Crippen molar-refractivity contribution in [2.24, 2.45) is 5.92 Å². The van der Waals surface area contributed by atoms with Crippen LogP contribution in [0.5, 0.6) is 5.75 Å². The van der Waals surface area contributed by atoms with Crippen LogP contribution in [0.2, 0.25) is 10.0 Å². The maximum atomic E-state index is 11.6. The Morgan fingerprint density at radius 3 is 2.52 bits per heavy atom. The van der Waals surface area contributed by atoms with Crippen LogP contribution in [-0.2, 0) is 17.9 Å². The Hall–Kier alpha value is -1.75. The predicted molar refractivity (Wildman–Crippen MR) is 110 cm³/mol. The van der Waals surface area contributed by atoms with E-state index < -0.39 is 0 Å². The first kappa shape index (κ1) is 20.0. The van der Waals surface area contributed by atoms with E-state index in [1.54, 1.807) is 13.1 Å². The van der Waals surface area contributed by atoms with Crippen molar-refractivity contribution in [1.29, 1.82) is 0 Å². The minimum absolute atomic E-state index is 0.113. The van der Waals surface area contributed by atoms with Crippen LogP contribution in [0.15, 0.2) is 30.3 Å². The van der Waals surface area contributed by atoms with Gasteiger partial charge >= 0.3 is 0 Å². The molecule has 0 atom stereocenters. The number of nitrogens with one attached hydrogen (secondary N) is 1. The summed E-state index contributed by atoms with van der Waals surface area (Å²) in [6.07, 6.45) is 0. The molecule has 0 unspecified atom stereocenters. The quantitative estimate of drug-likeness (QED) is 0.774. The van der Waals surface area contributed by atoms with Gasteiger partial charge in [-0.25, -0.2) is 0 Å². The largest absolute Gasteiger partial charge is 0.488 e. The van der Waals surface area contributed by atoms with Gasteiger partial charge < -0.3 is 10.1 Å². The van der Waals surface area contributed by atoms with E-state index in [4.69, 9.17) is 27.9 Å². The van der Waals surface area contributed by atoms with Gasteiger partial charge in [0.15, 0.2) is 0 Å². The van der Waals surface area contributed by atoms with Crippen LogP contribution in [0.3, 0.4) is 0 Å². The molecular weight excluding hydrogens is 383 g/mol. The average molecular weight is 407 g/mol. The molecular formula is C21H24Cl2N2O2. The molecule has 1 fully saturated rings. The summed E-state index contributed by atoms with van der Waals surface area (Å²) < 4.78 is 6.04. The minimum atomic E-state index is 0.113. The van der Waals surface area contributed by atoms with E-state index in [1.165, 1.54) is 5.56 Å². The lowest BCUT2D eigenvalue weighted by atomic mass is 9.97. The van der Waals surface area contributed by atoms with Crippen molar-refractivity contribution in [1.82, 2.24) is 10.2 Å². The van der Waals surface area contributed by atoms with Gasteiger partial charge in [0.1, 0.15) is 12.4 Å². The molecule has 0 bridgehead atoms. The molecule has 0 aromatic heterocycles. The molecule has 1 aliphatic heterocycles. The van der Waals surface area contributed by atoms with E-state index >= 15 is 0 Å². The SMILES string of the molecule is CNC(=O)C1CN(Cc2cc(C)c(OCc3cccc(Cl)c3Cl)c(C)c2)C1. The predicted octanol–water partition coefficient (Wildman–Crippen LogP) is 4.37. The van der Waals surface area contributed by atoms with E-state index in [-0.39, 0.29) is 11.8 Å². The number of carbonyl (C=O) groups excluding carboxylic acids is 1. The molecule has 0 aliphatic carbocycles. The number of carbonyl (C=O) groups is 1. The van der Waals surface area contributed by atoms with Gasteiger partial charge in [0, 0.05) is 32.2 Å². The third-order valence-electron chi connectivity index (χ3n) is 4.90. The van der Waals surface area contributed by atoms with Gasteiger partial charge in [-0.3, -0.25) is 9.69 Å². The summed E-state index contributed by atoms with van der Waals surface area (Å²) in [7, 11) is 1.69. The number of aryl methyl sites for hydroxylation is 2. The van der Waals surface area contributed by atoms with Gasteiger partial charge in [0.2, 0.25) is 5.91 Å². The Bertz CT molecular complexity index is 825. The van der Waals surface area contributed by atoms with E-state index in [1.807, 2.05) is 12.1 Å². The lowest BCUT2D eigenvalue weighted by Gasteiger charge is -2.38. The molecule has 0 spiro atoms. The number of rotatable bonds is 6. The summed E-state index contributed by atoms with van der Waals surface area (Å²) in [4.78, 5) is 13.9. The lowest BCUT2D eigenvalue weighted by Crippen LogP contribution is -2.52. The van der Waals surface area contributed by atoms with Crippen LogP contribution in [0.1, 0.15) is 22.3 Å². The summed E-state index contributed by atoms with van der Waals surface area (Å²) in [5.41, 5.74) is 4.28. The van der Waals surface area contributed by atoms with Crippen LogP contribution in [0, 0.1) is 19.8 Å². The summed E-state index contributed by atoms with van der Waals surface area (Å²) in [6.45, 7) is 6.94. The van der Waals surface area contributed by atoms with Crippen molar-refractivity contribution < 1.29 is 9.53 Å². The second-order valence-corrected chi connectivity index (χ2v) is 7.85. The number of likely N-dealkylation sites (tertiary alicyclic amines) is 1. The number of ether oxygens (including phenoxy) is 1. The fourth-order valence-electron chi connectivity index (χ4n) is 3.50. The number of halogens is 2. The Kier molecular flexibility index (Phi) is 6.30. The lowest BCUT2D eigenvalue weighted by molar-refractivity contribution is -0.129. The zero-order valence-electron chi connectivity index (χ0n) is 15.8. The molecule has 1 N–H and O–H groups in total. The van der Waals surface area contributed by atoms with Crippen LogP contribution in [0.4, 0.5) is 0 Å². The Morgan fingerprint density at radius 1 is 1.22 bits per heavy atom. The average Bonchev–Trinajstić information content (AvgIpc) is 2.60. The van der Waals surface area contributed by atoms with Crippen LogP contribution >= 0.6 is 23.2 Å². The van der Waals surface area contributed by atoms with E-state index in [0.29, 0.717) is 16.7 Å². The van der Waals surface area contributed by atoms with Crippen molar-refractivity contribution in [2.45, 2.75) is 27.0 Å². The second kappa shape index (κ2) is 8.51. The van der Waals surface area contributed by atoms with E-state index in [0.717, 1.165) is 42.1 Å². The molecule has 4 nitrogen and oxygen atoms in total. The zero-order valence-corrected chi connectivity index (χ0v) is 17.3. The maximum absolute atomic E-state index is 11.6. The molecule has 2 aromatic carbocycles. The molecule has 0 saturated carbocycles. The normalized spacial score (nSPS) is 14.7. The molecule has 1 heterocycles. The number of nitrogens with zero attached hydrogens (tertiary/aromatic N) is 1. The van der Waals surface area contributed by atoms with E-state index in [2.05, 4.69) is 36.2 Å². The number of hydrogen-bond acceptors (Lipinski definition) is 3. The Balaban J connectivity index is 1.63. The van der Waals surface area contributed by atoms with Gasteiger partial charge in [-0.05, 0) is 36.6 Å². The molecule has 27 heavy (non-hydrogen) atoms. The molecule has 144 valence electrons. The van der Waals surface area contributed by atoms with Crippen molar-refractivity contribution in [3.8, 4) is 5.75 Å². The van der Waals surface area contributed by atoms with Gasteiger partial charge in [-0.15, -0.1) is 0 Å². The highest BCUT2D eigenvalue weighted by molar-refractivity contribution is 6.42. The molecule has 1 amide bonds. The Labute approximate surface area is 170 Å². The zero-order chi connectivity index (χ0) is 19.6. The van der Waals surface area contributed by atoms with Crippen molar-refractivity contribution in [3.05, 3.63) is 62.6 Å². The molecule has 0 radical (unpaired) electrons. The molecule has 1 aliphatic rings. The first-order chi connectivity index (χ1) is 12.9. The fourth-order valence-corrected chi connectivity index (χ4v) is 3.87. The summed E-state index contributed by atoms with van der Waals surface area (Å²) >= 11 is 12.3. The van der Waals surface area contributed by atoms with Crippen molar-refractivity contribution in [3.63, 3.8) is 0 Å². The Morgan fingerprint density at radius 2 is 1.89 bits per heavy atom. The first-order valence-corrected chi connectivity index (χ1v) is 9.74. The van der Waals surface area contributed by atoms with Crippen LogP contribution in [-0.4, -0.2) is 30.9 Å². The minimum Gasteiger partial charge on any atom is -0.488 e. The topological polar surface area (TPSA) is 41.6 Å². The summed E-state index contributed by atoms with van der Waals surface area (Å²) in [6, 6.07) is 9.85. The van der Waals surface area contributed by atoms with Gasteiger partial charge in [-0.2, -0.15) is 0 Å². The fraction of sp³-hybridized carbons (Fsp3) is 0.381. The third kappa shape index (κ3) is 4.57. The smallest absolute Gasteiger partial charge is 0.225 e. The van der Waals surface area contributed by atoms with Gasteiger partial charge in [0.05, 0.1) is 16.0 Å². The van der Waals surface area contributed by atoms with Gasteiger partial charge in [-0.1, -0.05) is 47.5 Å². The summed E-state index contributed by atoms with van der Waals surface area (Å²) in [5.74, 6) is 1.12. The highest BCUT2D eigenvalue weighted by Gasteiger charge is 2.31. The van der Waals surface area contributed by atoms with Crippen LogP contribution in [0.25, 0.3) is 0 Å². The maximum Gasteiger partial charge on any atom is 0.225 e. The molecule has 3 rings (SSSR count). The van der Waals surface area contributed by atoms with Crippen molar-refractivity contribution in [2.75, 3.05) is 20.1 Å². The molecule has 1 saturated heterocycles. The third-order valence-corrected chi connectivity index (χ3v) is 5.76. The number of benzene rings is 2. The molecule has 6 heteroatoms. The highest BCUT2D eigenvalue weighted by atomic mass is 35.5. The molecule has 2 aromatic rings. The van der Waals surface area contributed by atoms with Gasteiger partial charge in [0.25, 0.3) is 0 Å². The summed E-state index contributed by atoms with van der Waals surface area (Å²) in [5, 5.41) is 3.78. The van der Waals surface area contributed by atoms with Crippen molar-refractivity contribution >= 4 is 29.1 Å².